The monoisotopic (exact) mass is 328 g/mol. The molecule has 2 aromatic carbocycles. The van der Waals surface area contributed by atoms with Crippen LogP contribution in [0.1, 0.15) is 46.8 Å². The lowest BCUT2D eigenvalue weighted by atomic mass is 9.95. The first-order valence-corrected chi connectivity index (χ1v) is 8.06. The molecule has 4 heteroatoms. The number of ether oxygens (including phenoxy) is 1. The molecule has 0 unspecified atom stereocenters. The number of benzene rings is 2. The van der Waals surface area contributed by atoms with Crippen LogP contribution in [0.3, 0.4) is 0 Å². The van der Waals surface area contributed by atoms with Gasteiger partial charge in [-0.15, -0.1) is 0 Å². The van der Waals surface area contributed by atoms with Crippen molar-refractivity contribution in [1.82, 2.24) is 0 Å². The molecule has 0 spiro atoms. The minimum Gasteiger partial charge on any atom is -0.427 e. The van der Waals surface area contributed by atoms with Crippen LogP contribution in [0.15, 0.2) is 42.2 Å². The molecule has 0 saturated carbocycles. The second kappa shape index (κ2) is 6.95. The van der Waals surface area contributed by atoms with Crippen LogP contribution in [-0.4, -0.2) is 5.97 Å². The van der Waals surface area contributed by atoms with E-state index in [1.165, 1.54) is 17.7 Å². The number of carbonyl (C=O) groups excluding carboxylic acids is 1. The van der Waals surface area contributed by atoms with Crippen molar-refractivity contribution >= 4 is 12.0 Å². The van der Waals surface area contributed by atoms with Gasteiger partial charge in [-0.1, -0.05) is 25.5 Å². The van der Waals surface area contributed by atoms with Gasteiger partial charge in [0, 0.05) is 12.5 Å². The van der Waals surface area contributed by atoms with Gasteiger partial charge in [0.15, 0.2) is 0 Å². The summed E-state index contributed by atoms with van der Waals surface area (Å²) in [7, 11) is 0. The number of halogens is 2. The van der Waals surface area contributed by atoms with E-state index in [1.54, 1.807) is 12.1 Å². The quantitative estimate of drug-likeness (QED) is 0.733. The highest BCUT2D eigenvalue weighted by Gasteiger charge is 2.19. The SMILES string of the molecule is CCCc1ccc(C(=O)OC2=Cc3cc(F)cc(F)c3CC2)cc1. The van der Waals surface area contributed by atoms with Gasteiger partial charge in [0.2, 0.25) is 0 Å². The van der Waals surface area contributed by atoms with Crippen LogP contribution in [0.2, 0.25) is 0 Å². The molecule has 0 aromatic heterocycles. The smallest absolute Gasteiger partial charge is 0.343 e. The second-order valence-corrected chi connectivity index (χ2v) is 5.90. The zero-order valence-electron chi connectivity index (χ0n) is 13.4. The minimum atomic E-state index is -0.637. The molecule has 0 saturated heterocycles. The van der Waals surface area contributed by atoms with Crippen LogP contribution < -0.4 is 0 Å². The third kappa shape index (κ3) is 3.53. The summed E-state index contributed by atoms with van der Waals surface area (Å²) in [5.74, 6) is -1.22. The Hall–Kier alpha value is -2.49. The van der Waals surface area contributed by atoms with Crippen LogP contribution >= 0.6 is 0 Å². The Labute approximate surface area is 139 Å². The summed E-state index contributed by atoms with van der Waals surface area (Å²) in [6.07, 6.45) is 4.34. The standard InChI is InChI=1S/C20H18F2O2/c1-2-3-13-4-6-14(7-5-13)20(23)24-17-8-9-18-15(11-17)10-16(21)12-19(18)22/h4-7,10-12H,2-3,8-9H2,1H3. The molecule has 24 heavy (non-hydrogen) atoms. The number of carbonyl (C=O) groups is 1. The molecule has 0 radical (unpaired) electrons. The summed E-state index contributed by atoms with van der Waals surface area (Å²) < 4.78 is 32.4. The van der Waals surface area contributed by atoms with Crippen molar-refractivity contribution in [3.05, 3.63) is 76.0 Å². The number of esters is 1. The highest BCUT2D eigenvalue weighted by atomic mass is 19.1. The summed E-state index contributed by atoms with van der Waals surface area (Å²) >= 11 is 0. The predicted molar refractivity (Wildman–Crippen MR) is 88.5 cm³/mol. The molecular weight excluding hydrogens is 310 g/mol. The van der Waals surface area contributed by atoms with Gasteiger partial charge < -0.3 is 4.74 Å². The molecule has 3 rings (SSSR count). The van der Waals surface area contributed by atoms with Crippen molar-refractivity contribution in [2.24, 2.45) is 0 Å². The topological polar surface area (TPSA) is 26.3 Å². The van der Waals surface area contributed by atoms with Gasteiger partial charge in [0.1, 0.15) is 17.4 Å². The predicted octanol–water partition coefficient (Wildman–Crippen LogP) is 5.06. The van der Waals surface area contributed by atoms with E-state index in [4.69, 9.17) is 4.74 Å². The maximum atomic E-state index is 13.7. The van der Waals surface area contributed by atoms with E-state index >= 15 is 0 Å². The summed E-state index contributed by atoms with van der Waals surface area (Å²) in [5, 5.41) is 0. The van der Waals surface area contributed by atoms with Gasteiger partial charge in [-0.2, -0.15) is 0 Å². The van der Waals surface area contributed by atoms with Crippen LogP contribution in [0, 0.1) is 11.6 Å². The van der Waals surface area contributed by atoms with Crippen molar-refractivity contribution in [1.29, 1.82) is 0 Å². The first-order chi connectivity index (χ1) is 11.6. The van der Waals surface area contributed by atoms with E-state index in [0.29, 0.717) is 35.3 Å². The fourth-order valence-electron chi connectivity index (χ4n) is 2.86. The first-order valence-electron chi connectivity index (χ1n) is 8.06. The number of rotatable bonds is 4. The molecule has 2 nitrogen and oxygen atoms in total. The zero-order chi connectivity index (χ0) is 17.1. The number of allylic oxidation sites excluding steroid dienone is 1. The van der Waals surface area contributed by atoms with Crippen molar-refractivity contribution in [2.75, 3.05) is 0 Å². The van der Waals surface area contributed by atoms with Crippen molar-refractivity contribution in [2.45, 2.75) is 32.6 Å². The molecule has 0 fully saturated rings. The Bertz CT molecular complexity index is 792. The fraction of sp³-hybridized carbons (Fsp3) is 0.250. The highest BCUT2D eigenvalue weighted by Crippen LogP contribution is 2.28. The Balaban J connectivity index is 1.76. The lowest BCUT2D eigenvalue weighted by Crippen LogP contribution is -2.10. The molecule has 1 aliphatic carbocycles. The van der Waals surface area contributed by atoms with E-state index in [2.05, 4.69) is 6.92 Å². The van der Waals surface area contributed by atoms with E-state index in [9.17, 15) is 13.6 Å². The molecule has 0 aliphatic heterocycles. The first kappa shape index (κ1) is 16.4. The Kier molecular flexibility index (Phi) is 4.74. The van der Waals surface area contributed by atoms with Crippen LogP contribution in [0.5, 0.6) is 0 Å². The molecular formula is C20H18F2O2. The fourth-order valence-corrected chi connectivity index (χ4v) is 2.86. The average Bonchev–Trinajstić information content (AvgIpc) is 2.55. The van der Waals surface area contributed by atoms with Crippen molar-refractivity contribution in [3.63, 3.8) is 0 Å². The van der Waals surface area contributed by atoms with Gasteiger partial charge in [-0.05, 0) is 53.8 Å². The highest BCUT2D eigenvalue weighted by molar-refractivity contribution is 5.90. The number of fused-ring (bicyclic) bond motifs is 1. The van der Waals surface area contributed by atoms with Gasteiger partial charge in [-0.3, -0.25) is 0 Å². The van der Waals surface area contributed by atoms with Crippen LogP contribution in [0.4, 0.5) is 8.78 Å². The molecule has 0 heterocycles. The van der Waals surface area contributed by atoms with Gasteiger partial charge in [-0.25, -0.2) is 13.6 Å². The second-order valence-electron chi connectivity index (χ2n) is 5.90. The molecule has 1 aliphatic rings. The van der Waals surface area contributed by atoms with Gasteiger partial charge in [0.25, 0.3) is 0 Å². The molecule has 0 amide bonds. The summed E-state index contributed by atoms with van der Waals surface area (Å²) in [5.41, 5.74) is 2.53. The van der Waals surface area contributed by atoms with Gasteiger partial charge in [0.05, 0.1) is 5.56 Å². The number of aryl methyl sites for hydroxylation is 1. The van der Waals surface area contributed by atoms with Crippen molar-refractivity contribution < 1.29 is 18.3 Å². The van der Waals surface area contributed by atoms with Crippen LogP contribution in [0.25, 0.3) is 6.08 Å². The third-order valence-corrected chi connectivity index (χ3v) is 4.08. The zero-order valence-corrected chi connectivity index (χ0v) is 13.4. The lowest BCUT2D eigenvalue weighted by Gasteiger charge is -2.17. The van der Waals surface area contributed by atoms with E-state index < -0.39 is 17.6 Å². The molecule has 0 N–H and O–H groups in total. The molecule has 0 atom stereocenters. The number of hydrogen-bond acceptors (Lipinski definition) is 2. The van der Waals surface area contributed by atoms with E-state index in [-0.39, 0.29) is 0 Å². The van der Waals surface area contributed by atoms with Crippen LogP contribution in [-0.2, 0) is 17.6 Å². The lowest BCUT2D eigenvalue weighted by molar-refractivity contribution is 0.0617. The summed E-state index contributed by atoms with van der Waals surface area (Å²) in [6.45, 7) is 2.10. The summed E-state index contributed by atoms with van der Waals surface area (Å²) in [6, 6.07) is 9.44. The Morgan fingerprint density at radius 1 is 1.12 bits per heavy atom. The summed E-state index contributed by atoms with van der Waals surface area (Å²) in [4.78, 5) is 12.2. The van der Waals surface area contributed by atoms with E-state index in [0.717, 1.165) is 18.9 Å². The molecule has 124 valence electrons. The maximum Gasteiger partial charge on any atom is 0.343 e. The minimum absolute atomic E-state index is 0.385. The largest absolute Gasteiger partial charge is 0.427 e. The van der Waals surface area contributed by atoms with Crippen molar-refractivity contribution in [3.8, 4) is 0 Å². The third-order valence-electron chi connectivity index (χ3n) is 4.08. The Morgan fingerprint density at radius 2 is 1.88 bits per heavy atom. The van der Waals surface area contributed by atoms with E-state index in [1.807, 2.05) is 12.1 Å². The number of hydrogen-bond donors (Lipinski definition) is 0. The molecule has 0 bridgehead atoms. The Morgan fingerprint density at radius 3 is 2.58 bits per heavy atom. The maximum absolute atomic E-state index is 13.7. The normalized spacial score (nSPS) is 13.2. The average molecular weight is 328 g/mol. The molecule has 2 aromatic rings. The van der Waals surface area contributed by atoms with Gasteiger partial charge >= 0.3 is 5.97 Å².